The van der Waals surface area contributed by atoms with Crippen molar-refractivity contribution in [2.24, 2.45) is 0 Å². The van der Waals surface area contributed by atoms with E-state index < -0.39 is 0 Å². The van der Waals surface area contributed by atoms with Gasteiger partial charge in [0.15, 0.2) is 0 Å². The molecule has 2 rings (SSSR count). The molecule has 0 bridgehead atoms. The summed E-state index contributed by atoms with van der Waals surface area (Å²) in [6.07, 6.45) is 4.86. The number of rotatable bonds is 2. The monoisotopic (exact) mass is 199 g/mol. The first-order valence-corrected chi connectivity index (χ1v) is 5.72. The van der Waals surface area contributed by atoms with Gasteiger partial charge in [0.25, 0.3) is 0 Å². The topological polar surface area (TPSA) is 12.0 Å². The summed E-state index contributed by atoms with van der Waals surface area (Å²) in [5, 5.41) is 3.49. The second-order valence-corrected chi connectivity index (χ2v) is 4.00. The molecule has 1 fully saturated rings. The maximum absolute atomic E-state index is 3.49. The minimum absolute atomic E-state index is 0.718. The van der Waals surface area contributed by atoms with Crippen molar-refractivity contribution in [1.82, 2.24) is 5.32 Å². The minimum Gasteiger partial charge on any atom is -0.314 e. The van der Waals surface area contributed by atoms with E-state index in [1.165, 1.54) is 25.8 Å². The van der Waals surface area contributed by atoms with Crippen LogP contribution in [0.25, 0.3) is 0 Å². The first kappa shape index (κ1) is 10.3. The fraction of sp³-hybridized carbons (Fsp3) is 0.429. The predicted molar refractivity (Wildman–Crippen MR) is 63.6 cm³/mol. The molecule has 0 saturated carbocycles. The Morgan fingerprint density at radius 2 is 2.13 bits per heavy atom. The van der Waals surface area contributed by atoms with Gasteiger partial charge in [-0.1, -0.05) is 30.0 Å². The summed E-state index contributed by atoms with van der Waals surface area (Å²) in [5.41, 5.74) is 1.12. The van der Waals surface area contributed by atoms with Gasteiger partial charge >= 0.3 is 0 Å². The van der Waals surface area contributed by atoms with Crippen molar-refractivity contribution < 1.29 is 0 Å². The molecular formula is C14H17N. The molecule has 15 heavy (non-hydrogen) atoms. The normalized spacial score (nSPS) is 19.6. The highest BCUT2D eigenvalue weighted by atomic mass is 14.9. The van der Waals surface area contributed by atoms with Crippen molar-refractivity contribution >= 4 is 0 Å². The molecule has 1 saturated heterocycles. The molecule has 1 N–H and O–H groups in total. The molecule has 1 heteroatoms. The van der Waals surface area contributed by atoms with E-state index in [1.54, 1.807) is 0 Å². The molecule has 1 nitrogen and oxygen atoms in total. The van der Waals surface area contributed by atoms with Crippen molar-refractivity contribution in [3.05, 3.63) is 35.9 Å². The molecule has 1 aromatic rings. The molecular weight excluding hydrogens is 182 g/mol. The van der Waals surface area contributed by atoms with Crippen LogP contribution in [0.4, 0.5) is 0 Å². The Bertz CT molecular complexity index is 339. The van der Waals surface area contributed by atoms with Gasteiger partial charge in [-0.3, -0.25) is 0 Å². The van der Waals surface area contributed by atoms with Gasteiger partial charge in [-0.05, 0) is 37.9 Å². The van der Waals surface area contributed by atoms with Gasteiger partial charge in [-0.15, -0.1) is 0 Å². The lowest BCUT2D eigenvalue weighted by Gasteiger charge is -2.05. The summed E-state index contributed by atoms with van der Waals surface area (Å²) >= 11 is 0. The van der Waals surface area contributed by atoms with Gasteiger partial charge in [-0.25, -0.2) is 0 Å². The largest absolute Gasteiger partial charge is 0.314 e. The Hall–Kier alpha value is -1.26. The molecule has 78 valence electrons. The Kier molecular flexibility index (Phi) is 3.82. The zero-order valence-corrected chi connectivity index (χ0v) is 9.00. The molecule has 0 radical (unpaired) electrons. The Morgan fingerprint density at radius 1 is 1.27 bits per heavy atom. The molecule has 0 aliphatic carbocycles. The third kappa shape index (κ3) is 3.42. The van der Waals surface area contributed by atoms with Crippen LogP contribution in [0.2, 0.25) is 0 Å². The van der Waals surface area contributed by atoms with Crippen LogP contribution in [0.3, 0.4) is 0 Å². The molecule has 1 aliphatic rings. The number of nitrogens with one attached hydrogen (secondary N) is 1. The van der Waals surface area contributed by atoms with Gasteiger partial charge in [-0.2, -0.15) is 0 Å². The van der Waals surface area contributed by atoms with Gasteiger partial charge in [0.1, 0.15) is 0 Å². The lowest BCUT2D eigenvalue weighted by Crippen LogP contribution is -2.20. The third-order valence-corrected chi connectivity index (χ3v) is 2.79. The van der Waals surface area contributed by atoms with Crippen molar-refractivity contribution in [3.63, 3.8) is 0 Å². The lowest BCUT2D eigenvalue weighted by molar-refractivity contribution is 0.569. The summed E-state index contributed by atoms with van der Waals surface area (Å²) < 4.78 is 0. The zero-order chi connectivity index (χ0) is 10.3. The number of hydrogen-bond acceptors (Lipinski definition) is 1. The van der Waals surface area contributed by atoms with Crippen LogP contribution < -0.4 is 5.32 Å². The van der Waals surface area contributed by atoms with Crippen molar-refractivity contribution in [2.75, 3.05) is 6.54 Å². The van der Waals surface area contributed by atoms with Gasteiger partial charge in [0, 0.05) is 18.0 Å². The smallest absolute Gasteiger partial charge is 0.0245 e. The molecule has 1 aliphatic heterocycles. The van der Waals surface area contributed by atoms with Crippen LogP contribution in [-0.2, 0) is 0 Å². The summed E-state index contributed by atoms with van der Waals surface area (Å²) in [6.45, 7) is 1.19. The second kappa shape index (κ2) is 5.58. The molecule has 1 unspecified atom stereocenters. The number of benzene rings is 1. The highest BCUT2D eigenvalue weighted by molar-refractivity contribution is 5.33. The van der Waals surface area contributed by atoms with E-state index in [-0.39, 0.29) is 0 Å². The van der Waals surface area contributed by atoms with E-state index in [0.717, 1.165) is 18.0 Å². The van der Waals surface area contributed by atoms with Gasteiger partial charge in [0.2, 0.25) is 0 Å². The Balaban J connectivity index is 1.75. The van der Waals surface area contributed by atoms with Crippen LogP contribution in [-0.4, -0.2) is 12.6 Å². The number of hydrogen-bond donors (Lipinski definition) is 1. The molecule has 0 aromatic heterocycles. The van der Waals surface area contributed by atoms with Crippen molar-refractivity contribution in [2.45, 2.75) is 31.7 Å². The Labute approximate surface area is 91.9 Å². The fourth-order valence-electron chi connectivity index (χ4n) is 1.94. The van der Waals surface area contributed by atoms with Crippen molar-refractivity contribution in [3.8, 4) is 11.8 Å². The summed E-state index contributed by atoms with van der Waals surface area (Å²) in [6, 6.07) is 10.9. The zero-order valence-electron chi connectivity index (χ0n) is 9.00. The molecule has 1 aromatic carbocycles. The SMILES string of the molecule is C(#Cc1ccccc1)CCC1CCCN1. The average molecular weight is 199 g/mol. The van der Waals surface area contributed by atoms with E-state index in [2.05, 4.69) is 29.3 Å². The first-order chi connectivity index (χ1) is 7.45. The van der Waals surface area contributed by atoms with E-state index in [1.807, 2.05) is 18.2 Å². The second-order valence-electron chi connectivity index (χ2n) is 4.00. The quantitative estimate of drug-likeness (QED) is 0.722. The summed E-state index contributed by atoms with van der Waals surface area (Å²) in [7, 11) is 0. The van der Waals surface area contributed by atoms with E-state index >= 15 is 0 Å². The minimum atomic E-state index is 0.718. The van der Waals surface area contributed by atoms with Crippen LogP contribution in [0.1, 0.15) is 31.2 Å². The highest BCUT2D eigenvalue weighted by Gasteiger charge is 2.11. The standard InChI is InChI=1S/C14H17N/c1-2-7-13(8-3-1)9-4-5-10-14-11-6-12-15-14/h1-3,7-8,14-15H,5-6,10-12H2. The van der Waals surface area contributed by atoms with Crippen LogP contribution in [0.15, 0.2) is 30.3 Å². The van der Waals surface area contributed by atoms with Crippen LogP contribution in [0.5, 0.6) is 0 Å². The molecule has 1 heterocycles. The Morgan fingerprint density at radius 3 is 2.87 bits per heavy atom. The van der Waals surface area contributed by atoms with Crippen LogP contribution >= 0.6 is 0 Å². The maximum Gasteiger partial charge on any atom is 0.0245 e. The molecule has 0 amide bonds. The highest BCUT2D eigenvalue weighted by Crippen LogP contribution is 2.09. The van der Waals surface area contributed by atoms with Gasteiger partial charge in [0.05, 0.1) is 0 Å². The van der Waals surface area contributed by atoms with Crippen molar-refractivity contribution in [1.29, 1.82) is 0 Å². The van der Waals surface area contributed by atoms with Crippen LogP contribution in [0, 0.1) is 11.8 Å². The maximum atomic E-state index is 3.49. The average Bonchev–Trinajstić information content (AvgIpc) is 2.79. The predicted octanol–water partition coefficient (Wildman–Crippen LogP) is 2.57. The fourth-order valence-corrected chi connectivity index (χ4v) is 1.94. The third-order valence-electron chi connectivity index (χ3n) is 2.79. The molecule has 1 atom stereocenters. The van der Waals surface area contributed by atoms with E-state index in [4.69, 9.17) is 0 Å². The summed E-state index contributed by atoms with van der Waals surface area (Å²) in [4.78, 5) is 0. The molecule has 0 spiro atoms. The van der Waals surface area contributed by atoms with Gasteiger partial charge < -0.3 is 5.32 Å². The van der Waals surface area contributed by atoms with E-state index in [9.17, 15) is 0 Å². The lowest BCUT2D eigenvalue weighted by atomic mass is 10.1. The first-order valence-electron chi connectivity index (χ1n) is 5.72. The van der Waals surface area contributed by atoms with E-state index in [0.29, 0.717) is 0 Å². The summed E-state index contributed by atoms with van der Waals surface area (Å²) in [5.74, 6) is 6.43.